The Hall–Kier alpha value is -0.0400. The fourth-order valence-electron chi connectivity index (χ4n) is 1.37. The van der Waals surface area contributed by atoms with Gasteiger partial charge in [0.2, 0.25) is 0 Å². The Bertz CT molecular complexity index is 80.7. The van der Waals surface area contributed by atoms with E-state index in [0.717, 1.165) is 12.1 Å². The van der Waals surface area contributed by atoms with Gasteiger partial charge in [0.1, 0.15) is 0 Å². The molecule has 0 unspecified atom stereocenters. The molecule has 2 saturated carbocycles. The topological polar surface area (TPSA) is 14.1 Å². The van der Waals surface area contributed by atoms with Crippen LogP contribution in [0.1, 0.15) is 38.5 Å². The molecule has 51 valence electrons. The fraction of sp³-hybridized carbons (Fsp3) is 1.00. The van der Waals surface area contributed by atoms with Crippen LogP contribution in [-0.4, -0.2) is 12.1 Å². The summed E-state index contributed by atoms with van der Waals surface area (Å²) >= 11 is 0. The number of rotatable bonds is 2. The van der Waals surface area contributed by atoms with Gasteiger partial charge in [0, 0.05) is 12.1 Å². The fourth-order valence-corrected chi connectivity index (χ4v) is 1.37. The van der Waals surface area contributed by atoms with Crippen molar-refractivity contribution in [1.82, 2.24) is 5.32 Å². The van der Waals surface area contributed by atoms with Crippen LogP contribution < -0.4 is 5.32 Å². The van der Waals surface area contributed by atoms with Crippen molar-refractivity contribution in [3.8, 4) is 0 Å². The molecule has 1 radical (unpaired) electrons. The predicted octanol–water partition coefficient (Wildman–Crippen LogP) is 1.70. The minimum atomic E-state index is 0.787. The van der Waals surface area contributed by atoms with E-state index < -0.39 is 0 Å². The third kappa shape index (κ3) is 1.11. The monoisotopic (exact) mass is 124 g/mol. The smallest absolute Gasteiger partial charge is 0.0249 e. The Kier molecular flexibility index (Phi) is 1.46. The van der Waals surface area contributed by atoms with Gasteiger partial charge in [0.25, 0.3) is 0 Å². The minimum Gasteiger partial charge on any atom is -0.235 e. The molecule has 0 aromatic carbocycles. The SMILES string of the molecule is C1CC([N]C2CCC2)C1. The summed E-state index contributed by atoms with van der Waals surface area (Å²) in [5.74, 6) is 0. The normalized spacial score (nSPS) is 29.3. The largest absolute Gasteiger partial charge is 0.235 e. The molecule has 0 aromatic rings. The highest BCUT2D eigenvalue weighted by atomic mass is 15.0. The van der Waals surface area contributed by atoms with Crippen molar-refractivity contribution in [3.05, 3.63) is 0 Å². The van der Waals surface area contributed by atoms with E-state index >= 15 is 0 Å². The molecule has 0 N–H and O–H groups in total. The average Bonchev–Trinajstić information content (AvgIpc) is 1.57. The summed E-state index contributed by atoms with van der Waals surface area (Å²) in [6.07, 6.45) is 8.40. The zero-order valence-corrected chi connectivity index (χ0v) is 5.84. The number of hydrogen-bond donors (Lipinski definition) is 0. The van der Waals surface area contributed by atoms with Gasteiger partial charge in [-0.1, -0.05) is 12.8 Å². The molecule has 1 heteroatoms. The van der Waals surface area contributed by atoms with Gasteiger partial charge in [-0.25, -0.2) is 5.32 Å². The van der Waals surface area contributed by atoms with Crippen molar-refractivity contribution in [2.45, 2.75) is 50.6 Å². The average molecular weight is 124 g/mol. The van der Waals surface area contributed by atoms with E-state index in [1.54, 1.807) is 0 Å². The molecular weight excluding hydrogens is 110 g/mol. The lowest BCUT2D eigenvalue weighted by Gasteiger charge is -2.33. The van der Waals surface area contributed by atoms with E-state index in [9.17, 15) is 0 Å². The molecule has 2 fully saturated rings. The van der Waals surface area contributed by atoms with E-state index in [1.165, 1.54) is 38.5 Å². The van der Waals surface area contributed by atoms with E-state index in [1.807, 2.05) is 0 Å². The molecule has 0 aromatic heterocycles. The standard InChI is InChI=1S/C8H14N/c1-3-7(4-1)9-8-5-2-6-8/h7-8H,1-6H2. The zero-order valence-electron chi connectivity index (χ0n) is 5.84. The molecule has 2 aliphatic carbocycles. The minimum absolute atomic E-state index is 0.787. The molecule has 0 atom stereocenters. The van der Waals surface area contributed by atoms with E-state index in [-0.39, 0.29) is 0 Å². The van der Waals surface area contributed by atoms with Crippen LogP contribution in [0.2, 0.25) is 0 Å². The van der Waals surface area contributed by atoms with Crippen LogP contribution in [0.3, 0.4) is 0 Å². The molecule has 2 aliphatic rings. The van der Waals surface area contributed by atoms with Crippen molar-refractivity contribution < 1.29 is 0 Å². The number of hydrogen-bond acceptors (Lipinski definition) is 0. The predicted molar refractivity (Wildman–Crippen MR) is 37.4 cm³/mol. The van der Waals surface area contributed by atoms with Crippen LogP contribution in [0, 0.1) is 0 Å². The molecule has 2 rings (SSSR count). The van der Waals surface area contributed by atoms with Gasteiger partial charge >= 0.3 is 0 Å². The van der Waals surface area contributed by atoms with Gasteiger partial charge in [-0.3, -0.25) is 0 Å². The summed E-state index contributed by atoms with van der Waals surface area (Å²) in [6.45, 7) is 0. The Morgan fingerprint density at radius 2 is 1.22 bits per heavy atom. The molecule has 0 saturated heterocycles. The van der Waals surface area contributed by atoms with E-state index in [4.69, 9.17) is 0 Å². The maximum Gasteiger partial charge on any atom is 0.0249 e. The maximum absolute atomic E-state index is 4.69. The Morgan fingerprint density at radius 3 is 1.44 bits per heavy atom. The van der Waals surface area contributed by atoms with Gasteiger partial charge in [-0.15, -0.1) is 0 Å². The Balaban J connectivity index is 1.64. The van der Waals surface area contributed by atoms with Crippen molar-refractivity contribution in [3.63, 3.8) is 0 Å². The highest BCUT2D eigenvalue weighted by molar-refractivity contribution is 4.84. The van der Waals surface area contributed by atoms with Crippen molar-refractivity contribution >= 4 is 0 Å². The second-order valence-corrected chi connectivity index (χ2v) is 3.32. The lowest BCUT2D eigenvalue weighted by Crippen LogP contribution is -2.39. The summed E-state index contributed by atoms with van der Waals surface area (Å²) in [5, 5.41) is 4.69. The molecule has 0 amide bonds. The lowest BCUT2D eigenvalue weighted by molar-refractivity contribution is 0.236. The van der Waals surface area contributed by atoms with Gasteiger partial charge in [-0.2, -0.15) is 0 Å². The highest BCUT2D eigenvalue weighted by Gasteiger charge is 2.25. The van der Waals surface area contributed by atoms with Crippen LogP contribution in [0.15, 0.2) is 0 Å². The molecule has 0 spiro atoms. The van der Waals surface area contributed by atoms with Crippen LogP contribution in [0.4, 0.5) is 0 Å². The first kappa shape index (κ1) is 5.72. The van der Waals surface area contributed by atoms with Crippen molar-refractivity contribution in [2.75, 3.05) is 0 Å². The van der Waals surface area contributed by atoms with E-state index in [0.29, 0.717) is 0 Å². The molecule has 0 bridgehead atoms. The van der Waals surface area contributed by atoms with E-state index in [2.05, 4.69) is 5.32 Å². The van der Waals surface area contributed by atoms with Crippen LogP contribution >= 0.6 is 0 Å². The molecule has 0 heterocycles. The first-order valence-corrected chi connectivity index (χ1v) is 4.15. The molecule has 1 nitrogen and oxygen atoms in total. The highest BCUT2D eigenvalue weighted by Crippen LogP contribution is 2.26. The lowest BCUT2D eigenvalue weighted by atomic mass is 9.87. The zero-order chi connectivity index (χ0) is 6.10. The Labute approximate surface area is 56.8 Å². The van der Waals surface area contributed by atoms with Gasteiger partial charge < -0.3 is 0 Å². The van der Waals surface area contributed by atoms with Gasteiger partial charge in [0.15, 0.2) is 0 Å². The third-order valence-electron chi connectivity index (χ3n) is 2.57. The molecule has 9 heavy (non-hydrogen) atoms. The summed E-state index contributed by atoms with van der Waals surface area (Å²) in [4.78, 5) is 0. The summed E-state index contributed by atoms with van der Waals surface area (Å²) in [6, 6.07) is 1.57. The second kappa shape index (κ2) is 2.30. The summed E-state index contributed by atoms with van der Waals surface area (Å²) in [5.41, 5.74) is 0. The van der Waals surface area contributed by atoms with Gasteiger partial charge in [0.05, 0.1) is 0 Å². The third-order valence-corrected chi connectivity index (χ3v) is 2.57. The first-order chi connectivity index (χ1) is 4.45. The summed E-state index contributed by atoms with van der Waals surface area (Å²) < 4.78 is 0. The van der Waals surface area contributed by atoms with Crippen molar-refractivity contribution in [2.24, 2.45) is 0 Å². The summed E-state index contributed by atoms with van der Waals surface area (Å²) in [7, 11) is 0. The first-order valence-electron chi connectivity index (χ1n) is 4.15. The quantitative estimate of drug-likeness (QED) is 0.532. The van der Waals surface area contributed by atoms with Crippen LogP contribution in [0.25, 0.3) is 0 Å². The molecular formula is C8H14N. The molecule has 0 aliphatic heterocycles. The Morgan fingerprint density at radius 1 is 0.778 bits per heavy atom. The second-order valence-electron chi connectivity index (χ2n) is 3.32. The van der Waals surface area contributed by atoms with Gasteiger partial charge in [-0.05, 0) is 25.7 Å². The van der Waals surface area contributed by atoms with Crippen molar-refractivity contribution in [1.29, 1.82) is 0 Å². The van der Waals surface area contributed by atoms with Crippen LogP contribution in [-0.2, 0) is 0 Å². The number of nitrogens with zero attached hydrogens (tertiary/aromatic N) is 1. The van der Waals surface area contributed by atoms with Crippen LogP contribution in [0.5, 0.6) is 0 Å². The maximum atomic E-state index is 4.69.